The van der Waals surface area contributed by atoms with E-state index >= 15 is 0 Å². The van der Waals surface area contributed by atoms with E-state index in [0.29, 0.717) is 6.42 Å². The van der Waals surface area contributed by atoms with Crippen molar-refractivity contribution in [3.05, 3.63) is 54.1 Å². The van der Waals surface area contributed by atoms with Crippen LogP contribution in [0.2, 0.25) is 0 Å². The van der Waals surface area contributed by atoms with Crippen molar-refractivity contribution in [1.29, 1.82) is 0 Å². The van der Waals surface area contributed by atoms with Crippen molar-refractivity contribution in [3.63, 3.8) is 0 Å². The summed E-state index contributed by atoms with van der Waals surface area (Å²) in [5, 5.41) is 6.07. The summed E-state index contributed by atoms with van der Waals surface area (Å²) < 4.78 is 0. The molecule has 0 saturated carbocycles. The van der Waals surface area contributed by atoms with E-state index in [0.717, 1.165) is 34.1 Å². The lowest BCUT2D eigenvalue weighted by Gasteiger charge is -2.29. The van der Waals surface area contributed by atoms with E-state index in [1.54, 1.807) is 11.8 Å². The summed E-state index contributed by atoms with van der Waals surface area (Å²) in [6.45, 7) is 4.86. The van der Waals surface area contributed by atoms with Crippen LogP contribution in [0.4, 0.5) is 11.4 Å². The maximum Gasteiger partial charge on any atom is 0.246 e. The van der Waals surface area contributed by atoms with Crippen molar-refractivity contribution in [2.24, 2.45) is 0 Å². The minimum Gasteiger partial charge on any atom is -0.376 e. The molecule has 0 atom stereocenters. The van der Waals surface area contributed by atoms with E-state index in [2.05, 4.69) is 16.7 Å². The first kappa shape index (κ1) is 19.3. The Morgan fingerprint density at radius 1 is 1.11 bits per heavy atom. The Morgan fingerprint density at radius 2 is 1.85 bits per heavy atom. The highest BCUT2D eigenvalue weighted by Crippen LogP contribution is 2.34. The summed E-state index contributed by atoms with van der Waals surface area (Å²) in [6.07, 6.45) is 0.361. The number of hydrogen-bond donors (Lipinski definition) is 2. The number of nitrogens with zero attached hydrogens (tertiary/aromatic N) is 1. The normalized spacial score (nSPS) is 13.2. The molecule has 5 nitrogen and oxygen atoms in total. The molecule has 0 saturated heterocycles. The van der Waals surface area contributed by atoms with Crippen molar-refractivity contribution in [3.8, 4) is 0 Å². The lowest BCUT2D eigenvalue weighted by Crippen LogP contribution is -2.39. The van der Waals surface area contributed by atoms with Gasteiger partial charge in [0.25, 0.3) is 0 Å². The third-order valence-corrected chi connectivity index (χ3v) is 5.28. The van der Waals surface area contributed by atoms with Crippen LogP contribution in [-0.2, 0) is 16.0 Å². The van der Waals surface area contributed by atoms with Crippen molar-refractivity contribution < 1.29 is 9.59 Å². The molecular formula is C21H25N3O2S. The number of benzene rings is 2. The van der Waals surface area contributed by atoms with Crippen LogP contribution in [0.3, 0.4) is 0 Å². The van der Waals surface area contributed by atoms with Crippen molar-refractivity contribution >= 4 is 35.0 Å². The Kier molecular flexibility index (Phi) is 6.40. The number of thioether (sulfide) groups is 1. The molecule has 1 aliphatic rings. The zero-order chi connectivity index (χ0) is 19.2. The minimum absolute atomic E-state index is 0.0162. The Bertz CT molecular complexity index is 805. The molecule has 2 aromatic carbocycles. The van der Waals surface area contributed by atoms with Gasteiger partial charge in [0.2, 0.25) is 11.8 Å². The van der Waals surface area contributed by atoms with Gasteiger partial charge in [0.05, 0.1) is 18.7 Å². The highest BCUT2D eigenvalue weighted by Gasteiger charge is 2.22. The van der Waals surface area contributed by atoms with Crippen molar-refractivity contribution in [1.82, 2.24) is 5.32 Å². The molecule has 2 amide bonds. The Balaban J connectivity index is 1.55. The van der Waals surface area contributed by atoms with Gasteiger partial charge < -0.3 is 15.5 Å². The molecule has 0 fully saturated rings. The molecule has 1 heterocycles. The second-order valence-electron chi connectivity index (χ2n) is 6.81. The van der Waals surface area contributed by atoms with Crippen molar-refractivity contribution in [2.75, 3.05) is 29.1 Å². The highest BCUT2D eigenvalue weighted by molar-refractivity contribution is 7.99. The Morgan fingerprint density at radius 3 is 2.59 bits per heavy atom. The third kappa shape index (κ3) is 5.26. The van der Waals surface area contributed by atoms with Gasteiger partial charge in [-0.25, -0.2) is 0 Å². The largest absolute Gasteiger partial charge is 0.376 e. The molecule has 0 bridgehead atoms. The standard InChI is InChI=1S/C21H25N3O2S/c1-15(2)23-20(25)13-16-7-9-17(10-8-16)22-14-21(26)24-11-12-27-19-6-4-3-5-18(19)24/h3-10,15,22H,11-14H2,1-2H3,(H,23,25). The molecule has 2 N–H and O–H groups in total. The van der Waals surface area contributed by atoms with E-state index < -0.39 is 0 Å². The van der Waals surface area contributed by atoms with Crippen LogP contribution >= 0.6 is 11.8 Å². The highest BCUT2D eigenvalue weighted by atomic mass is 32.2. The summed E-state index contributed by atoms with van der Waals surface area (Å²) in [6, 6.07) is 15.8. The van der Waals surface area contributed by atoms with E-state index in [4.69, 9.17) is 0 Å². The zero-order valence-corrected chi connectivity index (χ0v) is 16.5. The molecule has 0 spiro atoms. The lowest BCUT2D eigenvalue weighted by atomic mass is 10.1. The first-order valence-electron chi connectivity index (χ1n) is 9.17. The predicted molar refractivity (Wildman–Crippen MR) is 111 cm³/mol. The first-order chi connectivity index (χ1) is 13.0. The molecule has 1 aliphatic heterocycles. The van der Waals surface area contributed by atoms with Gasteiger partial charge in [0.15, 0.2) is 0 Å². The van der Waals surface area contributed by atoms with Gasteiger partial charge in [-0.15, -0.1) is 11.8 Å². The van der Waals surface area contributed by atoms with Gasteiger partial charge in [-0.05, 0) is 43.7 Å². The fourth-order valence-electron chi connectivity index (χ4n) is 3.00. The van der Waals surface area contributed by atoms with Crippen molar-refractivity contribution in [2.45, 2.75) is 31.2 Å². The van der Waals surface area contributed by atoms with Gasteiger partial charge in [-0.1, -0.05) is 24.3 Å². The van der Waals surface area contributed by atoms with Crippen LogP contribution in [-0.4, -0.2) is 36.7 Å². The second kappa shape index (κ2) is 8.95. The van der Waals surface area contributed by atoms with Crippen LogP contribution in [0, 0.1) is 0 Å². The van der Waals surface area contributed by atoms with E-state index in [1.165, 1.54) is 0 Å². The summed E-state index contributed by atoms with van der Waals surface area (Å²) in [5.74, 6) is 0.987. The van der Waals surface area contributed by atoms with E-state index in [9.17, 15) is 9.59 Å². The van der Waals surface area contributed by atoms with Crippen LogP contribution in [0.5, 0.6) is 0 Å². The number of anilines is 2. The van der Waals surface area contributed by atoms with Crippen LogP contribution in [0.15, 0.2) is 53.4 Å². The quantitative estimate of drug-likeness (QED) is 0.803. The molecule has 27 heavy (non-hydrogen) atoms. The molecule has 2 aromatic rings. The molecule has 142 valence electrons. The molecular weight excluding hydrogens is 358 g/mol. The summed E-state index contributed by atoms with van der Waals surface area (Å²) in [4.78, 5) is 27.5. The molecule has 0 aromatic heterocycles. The second-order valence-corrected chi connectivity index (χ2v) is 7.95. The van der Waals surface area contributed by atoms with E-state index in [1.807, 2.05) is 61.2 Å². The molecule has 0 unspecified atom stereocenters. The SMILES string of the molecule is CC(C)NC(=O)Cc1ccc(NCC(=O)N2CCSc3ccccc32)cc1. The summed E-state index contributed by atoms with van der Waals surface area (Å²) in [7, 11) is 0. The Labute approximate surface area is 164 Å². The monoisotopic (exact) mass is 383 g/mol. The molecule has 3 rings (SSSR count). The van der Waals surface area contributed by atoms with Gasteiger partial charge >= 0.3 is 0 Å². The molecule has 6 heteroatoms. The number of carbonyl (C=O) groups excluding carboxylic acids is 2. The van der Waals surface area contributed by atoms with Crippen LogP contribution in [0.1, 0.15) is 19.4 Å². The first-order valence-corrected chi connectivity index (χ1v) is 10.2. The van der Waals surface area contributed by atoms with E-state index in [-0.39, 0.29) is 24.4 Å². The average Bonchev–Trinajstić information content (AvgIpc) is 2.66. The maximum atomic E-state index is 12.7. The van der Waals surface area contributed by atoms with Gasteiger partial charge in [0, 0.05) is 28.9 Å². The minimum atomic E-state index is 0.0162. The lowest BCUT2D eigenvalue weighted by molar-refractivity contribution is -0.121. The van der Waals surface area contributed by atoms with Crippen LogP contribution < -0.4 is 15.5 Å². The number of fused-ring (bicyclic) bond motifs is 1. The number of rotatable bonds is 6. The number of nitrogens with one attached hydrogen (secondary N) is 2. The number of carbonyl (C=O) groups is 2. The molecule has 0 aliphatic carbocycles. The average molecular weight is 384 g/mol. The fraction of sp³-hybridized carbons (Fsp3) is 0.333. The number of para-hydroxylation sites is 1. The number of amides is 2. The smallest absolute Gasteiger partial charge is 0.246 e. The molecule has 0 radical (unpaired) electrons. The topological polar surface area (TPSA) is 61.4 Å². The fourth-order valence-corrected chi connectivity index (χ4v) is 4.00. The van der Waals surface area contributed by atoms with Gasteiger partial charge in [0.1, 0.15) is 0 Å². The summed E-state index contributed by atoms with van der Waals surface area (Å²) >= 11 is 1.79. The van der Waals surface area contributed by atoms with Gasteiger partial charge in [-0.3, -0.25) is 9.59 Å². The van der Waals surface area contributed by atoms with Gasteiger partial charge in [-0.2, -0.15) is 0 Å². The predicted octanol–water partition coefficient (Wildman–Crippen LogP) is 3.30. The maximum absolute atomic E-state index is 12.7. The summed E-state index contributed by atoms with van der Waals surface area (Å²) in [5.41, 5.74) is 2.81. The number of hydrogen-bond acceptors (Lipinski definition) is 4. The Hall–Kier alpha value is -2.47. The zero-order valence-electron chi connectivity index (χ0n) is 15.7. The van der Waals surface area contributed by atoms with Crippen LogP contribution in [0.25, 0.3) is 0 Å². The third-order valence-electron chi connectivity index (χ3n) is 4.24.